The average Bonchev–Trinajstić information content (AvgIpc) is 2.44. The standard InChI is InChI=1S/C15H18N2O2.2ClH/c1-2-19-15-9-12(6-7-14(15)18)10-16-11-13-5-3-4-8-17-13;;/h3-9,16,18H,2,10-11H2,1H3;2*1H. The minimum Gasteiger partial charge on any atom is -0.504 e. The molecule has 0 bridgehead atoms. The smallest absolute Gasteiger partial charge is 0.161 e. The molecule has 0 saturated heterocycles. The summed E-state index contributed by atoms with van der Waals surface area (Å²) in [7, 11) is 0. The van der Waals surface area contributed by atoms with Crippen LogP contribution in [-0.2, 0) is 13.1 Å². The van der Waals surface area contributed by atoms with E-state index in [1.165, 1.54) is 0 Å². The van der Waals surface area contributed by atoms with Crippen LogP contribution in [0.5, 0.6) is 11.5 Å². The van der Waals surface area contributed by atoms with Crippen LogP contribution in [0.4, 0.5) is 0 Å². The number of rotatable bonds is 6. The Bertz CT molecular complexity index is 524. The lowest BCUT2D eigenvalue weighted by Gasteiger charge is -2.09. The van der Waals surface area contributed by atoms with Gasteiger partial charge in [0.15, 0.2) is 11.5 Å². The Morgan fingerprint density at radius 2 is 1.95 bits per heavy atom. The summed E-state index contributed by atoms with van der Waals surface area (Å²) in [6, 6.07) is 11.2. The molecule has 1 aromatic heterocycles. The number of hydrogen-bond donors (Lipinski definition) is 2. The zero-order valence-electron chi connectivity index (χ0n) is 11.8. The molecule has 2 aromatic rings. The largest absolute Gasteiger partial charge is 0.504 e. The molecule has 0 spiro atoms. The highest BCUT2D eigenvalue weighted by molar-refractivity contribution is 5.85. The third-order valence-corrected chi connectivity index (χ3v) is 2.69. The molecule has 116 valence electrons. The predicted molar refractivity (Wildman–Crippen MR) is 88.6 cm³/mol. The highest BCUT2D eigenvalue weighted by Gasteiger charge is 2.03. The highest BCUT2D eigenvalue weighted by atomic mass is 35.5. The van der Waals surface area contributed by atoms with E-state index in [0.717, 1.165) is 11.3 Å². The van der Waals surface area contributed by atoms with E-state index in [9.17, 15) is 5.11 Å². The molecule has 0 aliphatic carbocycles. The maximum atomic E-state index is 9.61. The number of nitrogens with zero attached hydrogens (tertiary/aromatic N) is 1. The molecular weight excluding hydrogens is 311 g/mol. The van der Waals surface area contributed by atoms with Crippen molar-refractivity contribution in [1.82, 2.24) is 10.3 Å². The summed E-state index contributed by atoms with van der Waals surface area (Å²) in [4.78, 5) is 4.24. The monoisotopic (exact) mass is 330 g/mol. The average molecular weight is 331 g/mol. The molecule has 0 atom stereocenters. The molecule has 1 aromatic carbocycles. The molecule has 0 aliphatic heterocycles. The molecule has 0 saturated carbocycles. The third-order valence-electron chi connectivity index (χ3n) is 2.69. The number of phenols is 1. The number of pyridine rings is 1. The minimum absolute atomic E-state index is 0. The summed E-state index contributed by atoms with van der Waals surface area (Å²) in [6.45, 7) is 3.85. The van der Waals surface area contributed by atoms with Gasteiger partial charge in [-0.2, -0.15) is 0 Å². The van der Waals surface area contributed by atoms with Crippen LogP contribution in [0.15, 0.2) is 42.6 Å². The molecule has 6 heteroatoms. The van der Waals surface area contributed by atoms with Crippen molar-refractivity contribution in [2.45, 2.75) is 20.0 Å². The van der Waals surface area contributed by atoms with Gasteiger partial charge < -0.3 is 15.2 Å². The van der Waals surface area contributed by atoms with Crippen molar-refractivity contribution in [3.8, 4) is 11.5 Å². The van der Waals surface area contributed by atoms with Crippen LogP contribution in [-0.4, -0.2) is 16.7 Å². The van der Waals surface area contributed by atoms with E-state index in [4.69, 9.17) is 4.74 Å². The molecule has 0 radical (unpaired) electrons. The van der Waals surface area contributed by atoms with Gasteiger partial charge in [-0.3, -0.25) is 4.98 Å². The molecule has 2 rings (SSSR count). The summed E-state index contributed by atoms with van der Waals surface area (Å²) in [5.41, 5.74) is 2.07. The normalized spacial score (nSPS) is 9.38. The van der Waals surface area contributed by atoms with E-state index in [1.54, 1.807) is 12.3 Å². The van der Waals surface area contributed by atoms with Gasteiger partial charge in [-0.25, -0.2) is 0 Å². The fourth-order valence-corrected chi connectivity index (χ4v) is 1.78. The number of nitrogens with one attached hydrogen (secondary N) is 1. The second kappa shape index (κ2) is 10.3. The zero-order valence-corrected chi connectivity index (χ0v) is 13.4. The Morgan fingerprint density at radius 1 is 1.14 bits per heavy atom. The molecular formula is C15H20Cl2N2O2. The van der Waals surface area contributed by atoms with Crippen LogP contribution in [0.3, 0.4) is 0 Å². The second-order valence-corrected chi connectivity index (χ2v) is 4.16. The van der Waals surface area contributed by atoms with E-state index in [0.29, 0.717) is 25.4 Å². The Kier molecular flexibility index (Phi) is 9.54. The first-order chi connectivity index (χ1) is 9.29. The molecule has 0 fully saturated rings. The lowest BCUT2D eigenvalue weighted by molar-refractivity contribution is 0.317. The first-order valence-electron chi connectivity index (χ1n) is 6.35. The second-order valence-electron chi connectivity index (χ2n) is 4.16. The van der Waals surface area contributed by atoms with E-state index in [1.807, 2.05) is 37.3 Å². The van der Waals surface area contributed by atoms with Gasteiger partial charge in [0.05, 0.1) is 12.3 Å². The summed E-state index contributed by atoms with van der Waals surface area (Å²) >= 11 is 0. The number of phenolic OH excluding ortho intramolecular Hbond substituents is 1. The Balaban J connectivity index is 0.00000200. The predicted octanol–water partition coefficient (Wildman–Crippen LogP) is 3.32. The van der Waals surface area contributed by atoms with Gasteiger partial charge in [-0.05, 0) is 36.8 Å². The SMILES string of the molecule is CCOc1cc(CNCc2ccccn2)ccc1O.Cl.Cl. The molecule has 0 unspecified atom stereocenters. The third kappa shape index (κ3) is 6.21. The fraction of sp³-hybridized carbons (Fsp3) is 0.267. The molecule has 21 heavy (non-hydrogen) atoms. The quantitative estimate of drug-likeness (QED) is 0.853. The number of benzene rings is 1. The van der Waals surface area contributed by atoms with Gasteiger partial charge in [-0.15, -0.1) is 24.8 Å². The van der Waals surface area contributed by atoms with Crippen LogP contribution in [0.1, 0.15) is 18.2 Å². The van der Waals surface area contributed by atoms with Crippen molar-refractivity contribution < 1.29 is 9.84 Å². The maximum Gasteiger partial charge on any atom is 0.161 e. The topological polar surface area (TPSA) is 54.4 Å². The number of aromatic nitrogens is 1. The minimum atomic E-state index is 0. The van der Waals surface area contributed by atoms with E-state index in [2.05, 4.69) is 10.3 Å². The summed E-state index contributed by atoms with van der Waals surface area (Å²) < 4.78 is 5.35. The van der Waals surface area contributed by atoms with E-state index >= 15 is 0 Å². The zero-order chi connectivity index (χ0) is 13.5. The van der Waals surface area contributed by atoms with Crippen LogP contribution in [0.25, 0.3) is 0 Å². The fourth-order valence-electron chi connectivity index (χ4n) is 1.78. The Hall–Kier alpha value is -1.49. The van der Waals surface area contributed by atoms with Crippen LogP contribution in [0, 0.1) is 0 Å². The first kappa shape index (κ1) is 19.5. The first-order valence-corrected chi connectivity index (χ1v) is 6.35. The van der Waals surface area contributed by atoms with Crippen LogP contribution in [0.2, 0.25) is 0 Å². The van der Waals surface area contributed by atoms with Crippen LogP contribution >= 0.6 is 24.8 Å². The van der Waals surface area contributed by atoms with Crippen molar-refractivity contribution in [1.29, 1.82) is 0 Å². The molecule has 1 heterocycles. The highest BCUT2D eigenvalue weighted by Crippen LogP contribution is 2.26. The number of aromatic hydroxyl groups is 1. The van der Waals surface area contributed by atoms with Gasteiger partial charge >= 0.3 is 0 Å². The van der Waals surface area contributed by atoms with E-state index < -0.39 is 0 Å². The molecule has 0 aliphatic rings. The molecule has 0 amide bonds. The Morgan fingerprint density at radius 3 is 2.62 bits per heavy atom. The van der Waals surface area contributed by atoms with Crippen molar-refractivity contribution in [2.75, 3.05) is 6.61 Å². The molecule has 2 N–H and O–H groups in total. The number of ether oxygens (including phenoxy) is 1. The lowest BCUT2D eigenvalue weighted by atomic mass is 10.2. The number of halogens is 2. The molecule has 4 nitrogen and oxygen atoms in total. The van der Waals surface area contributed by atoms with Gasteiger partial charge in [0, 0.05) is 19.3 Å². The van der Waals surface area contributed by atoms with Gasteiger partial charge in [-0.1, -0.05) is 12.1 Å². The van der Waals surface area contributed by atoms with Crippen molar-refractivity contribution in [3.05, 3.63) is 53.9 Å². The Labute approximate surface area is 137 Å². The maximum absolute atomic E-state index is 9.61. The summed E-state index contributed by atoms with van der Waals surface area (Å²) in [6.07, 6.45) is 1.78. The lowest BCUT2D eigenvalue weighted by Crippen LogP contribution is -2.13. The van der Waals surface area contributed by atoms with Gasteiger partial charge in [0.2, 0.25) is 0 Å². The summed E-state index contributed by atoms with van der Waals surface area (Å²) in [5.74, 6) is 0.704. The van der Waals surface area contributed by atoms with Crippen molar-refractivity contribution >= 4 is 24.8 Å². The van der Waals surface area contributed by atoms with Crippen molar-refractivity contribution in [3.63, 3.8) is 0 Å². The van der Waals surface area contributed by atoms with Crippen LogP contribution < -0.4 is 10.1 Å². The number of hydrogen-bond acceptors (Lipinski definition) is 4. The summed E-state index contributed by atoms with van der Waals surface area (Å²) in [5, 5.41) is 12.9. The van der Waals surface area contributed by atoms with Gasteiger partial charge in [0.25, 0.3) is 0 Å². The van der Waals surface area contributed by atoms with E-state index in [-0.39, 0.29) is 30.6 Å². The van der Waals surface area contributed by atoms with Gasteiger partial charge in [0.1, 0.15) is 0 Å². The van der Waals surface area contributed by atoms with Crippen molar-refractivity contribution in [2.24, 2.45) is 0 Å².